The summed E-state index contributed by atoms with van der Waals surface area (Å²) in [5.74, 6) is -0.113. The van der Waals surface area contributed by atoms with Gasteiger partial charge in [0.15, 0.2) is 4.32 Å². The molecule has 0 radical (unpaired) electrons. The Labute approximate surface area is 246 Å². The van der Waals surface area contributed by atoms with Crippen LogP contribution in [0.25, 0.3) is 17.4 Å². The fraction of sp³-hybridized carbons (Fsp3) is 0.276. The Morgan fingerprint density at radius 3 is 2.54 bits per heavy atom. The first-order valence-electron chi connectivity index (χ1n) is 13.2. The standard InChI is InChI=1S/C29H30N6O4S2/c1-18(2)39-16-10-14-30-25-21(26(36)33-15-9-8-13-23(33)31-25)17-22-27(37)34(29(40)41-22)24-19(3)32(4)35(28(24)38)20-11-6-5-7-12-20/h5-9,11-13,15,17-18,30H,10,14,16H2,1-4H3. The Balaban J connectivity index is 1.53. The molecule has 212 valence electrons. The van der Waals surface area contributed by atoms with Gasteiger partial charge in [0.05, 0.1) is 28.0 Å². The second-order valence-corrected chi connectivity index (χ2v) is 11.4. The summed E-state index contributed by atoms with van der Waals surface area (Å²) in [5.41, 5.74) is 1.43. The molecule has 0 aliphatic carbocycles. The van der Waals surface area contributed by atoms with E-state index in [9.17, 15) is 14.4 Å². The van der Waals surface area contributed by atoms with Crippen LogP contribution >= 0.6 is 24.0 Å². The summed E-state index contributed by atoms with van der Waals surface area (Å²) >= 11 is 6.63. The molecule has 41 heavy (non-hydrogen) atoms. The average Bonchev–Trinajstić information content (AvgIpc) is 3.35. The highest BCUT2D eigenvalue weighted by atomic mass is 32.2. The van der Waals surface area contributed by atoms with Crippen LogP contribution in [0.15, 0.2) is 69.2 Å². The second-order valence-electron chi connectivity index (χ2n) is 9.74. The largest absolute Gasteiger partial charge is 0.379 e. The number of aromatic nitrogens is 4. The molecule has 1 amide bonds. The van der Waals surface area contributed by atoms with Gasteiger partial charge in [-0.2, -0.15) is 0 Å². The summed E-state index contributed by atoms with van der Waals surface area (Å²) in [4.78, 5) is 47.0. The number of amides is 1. The van der Waals surface area contributed by atoms with Crippen LogP contribution in [0, 0.1) is 6.92 Å². The van der Waals surface area contributed by atoms with E-state index >= 15 is 0 Å². The molecule has 12 heteroatoms. The van der Waals surface area contributed by atoms with Crippen LogP contribution in [0.2, 0.25) is 0 Å². The minimum Gasteiger partial charge on any atom is -0.379 e. The third-order valence-corrected chi connectivity index (χ3v) is 7.95. The fourth-order valence-electron chi connectivity index (χ4n) is 4.57. The lowest BCUT2D eigenvalue weighted by Crippen LogP contribution is -2.33. The van der Waals surface area contributed by atoms with Crippen LogP contribution in [0.5, 0.6) is 0 Å². The van der Waals surface area contributed by atoms with Crippen LogP contribution in [-0.2, 0) is 16.6 Å². The molecule has 3 aromatic heterocycles. The third-order valence-electron chi connectivity index (χ3n) is 6.65. The molecule has 1 fully saturated rings. The van der Waals surface area contributed by atoms with E-state index in [0.29, 0.717) is 42.4 Å². The van der Waals surface area contributed by atoms with Gasteiger partial charge in [-0.15, -0.1) is 0 Å². The van der Waals surface area contributed by atoms with Gasteiger partial charge in [0.2, 0.25) is 0 Å². The molecule has 1 saturated heterocycles. The molecule has 0 saturated carbocycles. The predicted molar refractivity (Wildman–Crippen MR) is 167 cm³/mol. The number of thiocarbonyl (C=S) groups is 1. The summed E-state index contributed by atoms with van der Waals surface area (Å²) in [5, 5.41) is 3.24. The van der Waals surface area contributed by atoms with E-state index in [-0.39, 0.29) is 37.7 Å². The van der Waals surface area contributed by atoms with Gasteiger partial charge in [-0.3, -0.25) is 28.4 Å². The summed E-state index contributed by atoms with van der Waals surface area (Å²) in [6.07, 6.45) is 3.97. The number of fused-ring (bicyclic) bond motifs is 1. The first-order chi connectivity index (χ1) is 19.7. The summed E-state index contributed by atoms with van der Waals surface area (Å²) in [6.45, 7) is 6.79. The average molecular weight is 591 g/mol. The van der Waals surface area contributed by atoms with Gasteiger partial charge < -0.3 is 10.1 Å². The van der Waals surface area contributed by atoms with Crippen molar-refractivity contribution in [3.05, 3.63) is 91.6 Å². The first kappa shape index (κ1) is 28.5. The Kier molecular flexibility index (Phi) is 8.25. The number of nitrogens with zero attached hydrogens (tertiary/aromatic N) is 5. The molecule has 0 bridgehead atoms. The lowest BCUT2D eigenvalue weighted by Gasteiger charge is -2.13. The molecular weight excluding hydrogens is 560 g/mol. The molecule has 1 N–H and O–H groups in total. The molecule has 0 spiro atoms. The molecule has 10 nitrogen and oxygen atoms in total. The van der Waals surface area contributed by atoms with Crippen LogP contribution < -0.4 is 21.3 Å². The van der Waals surface area contributed by atoms with Crippen molar-refractivity contribution < 1.29 is 9.53 Å². The maximum Gasteiger partial charge on any atom is 0.296 e. The topological polar surface area (TPSA) is 103 Å². The Morgan fingerprint density at radius 2 is 1.80 bits per heavy atom. The molecule has 1 aromatic carbocycles. The number of ether oxygens (including phenoxy) is 1. The number of anilines is 2. The number of carbonyl (C=O) groups is 1. The van der Waals surface area contributed by atoms with Crippen LogP contribution in [-0.4, -0.2) is 48.2 Å². The van der Waals surface area contributed by atoms with Crippen molar-refractivity contribution >= 4 is 57.4 Å². The quantitative estimate of drug-likeness (QED) is 0.176. The van der Waals surface area contributed by atoms with Gasteiger partial charge >= 0.3 is 0 Å². The van der Waals surface area contributed by atoms with E-state index in [1.807, 2.05) is 44.2 Å². The Bertz CT molecular complexity index is 1790. The van der Waals surface area contributed by atoms with Gasteiger partial charge in [0.1, 0.15) is 17.2 Å². The molecule has 4 heterocycles. The van der Waals surface area contributed by atoms with Gasteiger partial charge in [-0.1, -0.05) is 48.2 Å². The molecule has 0 atom stereocenters. The van der Waals surface area contributed by atoms with Crippen LogP contribution in [0.4, 0.5) is 11.5 Å². The minimum atomic E-state index is -0.472. The highest BCUT2D eigenvalue weighted by Gasteiger charge is 2.38. The van der Waals surface area contributed by atoms with E-state index in [1.165, 1.54) is 20.1 Å². The maximum absolute atomic E-state index is 13.8. The van der Waals surface area contributed by atoms with Crippen molar-refractivity contribution in [2.75, 3.05) is 23.4 Å². The summed E-state index contributed by atoms with van der Waals surface area (Å²) < 4.78 is 10.4. The number of para-hydroxylation sites is 1. The van der Waals surface area contributed by atoms with E-state index in [4.69, 9.17) is 17.0 Å². The van der Waals surface area contributed by atoms with Crippen molar-refractivity contribution in [2.24, 2.45) is 7.05 Å². The van der Waals surface area contributed by atoms with Crippen molar-refractivity contribution in [1.29, 1.82) is 0 Å². The zero-order chi connectivity index (χ0) is 29.3. The normalized spacial score (nSPS) is 14.7. The Hall–Kier alpha value is -4.00. The number of hydrogen-bond donors (Lipinski definition) is 1. The zero-order valence-electron chi connectivity index (χ0n) is 23.2. The summed E-state index contributed by atoms with van der Waals surface area (Å²) in [6, 6.07) is 14.5. The highest BCUT2D eigenvalue weighted by molar-refractivity contribution is 8.27. The zero-order valence-corrected chi connectivity index (χ0v) is 24.8. The maximum atomic E-state index is 13.8. The van der Waals surface area contributed by atoms with Gasteiger partial charge in [0, 0.05) is 26.4 Å². The predicted octanol–water partition coefficient (Wildman–Crippen LogP) is 4.13. The van der Waals surface area contributed by atoms with Crippen molar-refractivity contribution in [3.8, 4) is 5.69 Å². The second kappa shape index (κ2) is 11.9. The number of benzene rings is 1. The Morgan fingerprint density at radius 1 is 1.07 bits per heavy atom. The van der Waals surface area contributed by atoms with Gasteiger partial charge in [-0.25, -0.2) is 9.67 Å². The van der Waals surface area contributed by atoms with Gasteiger partial charge in [-0.05, 0) is 57.5 Å². The number of hydrogen-bond acceptors (Lipinski definition) is 8. The molecule has 4 aromatic rings. The highest BCUT2D eigenvalue weighted by Crippen LogP contribution is 2.36. The van der Waals surface area contributed by atoms with Crippen molar-refractivity contribution in [3.63, 3.8) is 0 Å². The molecule has 1 aliphatic heterocycles. The van der Waals surface area contributed by atoms with E-state index in [2.05, 4.69) is 10.3 Å². The number of thioether (sulfide) groups is 1. The van der Waals surface area contributed by atoms with E-state index in [0.717, 1.165) is 11.8 Å². The lowest BCUT2D eigenvalue weighted by atomic mass is 10.2. The lowest BCUT2D eigenvalue weighted by molar-refractivity contribution is -0.113. The number of pyridine rings is 1. The molecular formula is C29H30N6O4S2. The van der Waals surface area contributed by atoms with Crippen molar-refractivity contribution in [1.82, 2.24) is 18.7 Å². The first-order valence-corrected chi connectivity index (χ1v) is 14.4. The number of carbonyl (C=O) groups excluding carboxylic acids is 1. The molecule has 1 aliphatic rings. The van der Waals surface area contributed by atoms with Crippen LogP contribution in [0.1, 0.15) is 31.5 Å². The summed E-state index contributed by atoms with van der Waals surface area (Å²) in [7, 11) is 1.76. The van der Waals surface area contributed by atoms with E-state index < -0.39 is 5.91 Å². The van der Waals surface area contributed by atoms with Crippen molar-refractivity contribution in [2.45, 2.75) is 33.3 Å². The minimum absolute atomic E-state index is 0.126. The SMILES string of the molecule is Cc1c(N2C(=O)C(=Cc3c(NCCCOC(C)C)nc4ccccn4c3=O)SC2=S)c(=O)n(-c2ccccc2)n1C. The van der Waals surface area contributed by atoms with Crippen LogP contribution in [0.3, 0.4) is 0 Å². The van der Waals surface area contributed by atoms with E-state index in [1.54, 1.807) is 43.0 Å². The third kappa shape index (κ3) is 5.50. The smallest absolute Gasteiger partial charge is 0.296 e. The molecule has 0 unspecified atom stereocenters. The fourth-order valence-corrected chi connectivity index (χ4v) is 5.82. The number of rotatable bonds is 9. The monoisotopic (exact) mass is 590 g/mol. The van der Waals surface area contributed by atoms with Gasteiger partial charge in [0.25, 0.3) is 17.0 Å². The number of nitrogens with one attached hydrogen (secondary N) is 1. The molecule has 5 rings (SSSR count).